The highest BCUT2D eigenvalue weighted by Gasteiger charge is 2.16. The summed E-state index contributed by atoms with van der Waals surface area (Å²) in [6.07, 6.45) is 2.79. The predicted molar refractivity (Wildman–Crippen MR) is 95.7 cm³/mol. The third-order valence-electron chi connectivity index (χ3n) is 3.34. The van der Waals surface area contributed by atoms with Crippen molar-refractivity contribution in [3.63, 3.8) is 0 Å². The first-order valence-electron chi connectivity index (χ1n) is 7.11. The molecule has 0 fully saturated rings. The summed E-state index contributed by atoms with van der Waals surface area (Å²) in [6.45, 7) is 7.33. The molecule has 0 saturated heterocycles. The monoisotopic (exact) mass is 410 g/mol. The fourth-order valence-electron chi connectivity index (χ4n) is 2.62. The van der Waals surface area contributed by atoms with Gasteiger partial charge in [-0.1, -0.05) is 36.2 Å². The minimum Gasteiger partial charge on any atom is -0.309 e. The van der Waals surface area contributed by atoms with Gasteiger partial charge in [-0.05, 0) is 70.3 Å². The zero-order chi connectivity index (χ0) is 15.4. The van der Waals surface area contributed by atoms with Gasteiger partial charge >= 0.3 is 0 Å². The largest absolute Gasteiger partial charge is 0.309 e. The minimum atomic E-state index is 0.207. The predicted octanol–water partition coefficient (Wildman–Crippen LogP) is 5.12. The van der Waals surface area contributed by atoms with E-state index in [2.05, 4.69) is 81.1 Å². The Labute approximate surface area is 143 Å². The molecule has 4 heteroatoms. The summed E-state index contributed by atoms with van der Waals surface area (Å²) in [6, 6.07) is 8.97. The number of halogens is 2. The van der Waals surface area contributed by atoms with Crippen molar-refractivity contribution >= 4 is 31.9 Å². The number of aromatic nitrogens is 1. The summed E-state index contributed by atoms with van der Waals surface area (Å²) in [5, 5.41) is 3.54. The van der Waals surface area contributed by atoms with Crippen LogP contribution in [0.4, 0.5) is 0 Å². The van der Waals surface area contributed by atoms with Gasteiger partial charge in [0.25, 0.3) is 0 Å². The van der Waals surface area contributed by atoms with E-state index in [0.717, 1.165) is 27.6 Å². The second kappa shape index (κ2) is 7.52. The van der Waals surface area contributed by atoms with E-state index in [1.807, 2.05) is 12.3 Å². The third-order valence-corrected chi connectivity index (χ3v) is 4.41. The van der Waals surface area contributed by atoms with E-state index in [1.54, 1.807) is 0 Å². The lowest BCUT2D eigenvalue weighted by Gasteiger charge is -2.19. The lowest BCUT2D eigenvalue weighted by atomic mass is 9.99. The smallest absolute Gasteiger partial charge is 0.0719 e. The van der Waals surface area contributed by atoms with Gasteiger partial charge in [-0.25, -0.2) is 0 Å². The van der Waals surface area contributed by atoms with Gasteiger partial charge in [0.05, 0.1) is 11.7 Å². The molecule has 0 spiro atoms. The fraction of sp³-hybridized carbons (Fsp3) is 0.353. The van der Waals surface area contributed by atoms with Crippen molar-refractivity contribution < 1.29 is 0 Å². The van der Waals surface area contributed by atoms with Crippen molar-refractivity contribution in [1.29, 1.82) is 0 Å². The Balaban J connectivity index is 2.30. The van der Waals surface area contributed by atoms with Gasteiger partial charge in [0, 0.05) is 15.1 Å². The Morgan fingerprint density at radius 2 is 1.76 bits per heavy atom. The van der Waals surface area contributed by atoms with Crippen LogP contribution in [0, 0.1) is 13.8 Å². The molecule has 2 aromatic rings. The number of hydrogen-bond acceptors (Lipinski definition) is 2. The van der Waals surface area contributed by atoms with Gasteiger partial charge < -0.3 is 5.32 Å². The quantitative estimate of drug-likeness (QED) is 0.738. The van der Waals surface area contributed by atoms with Gasteiger partial charge in [0.2, 0.25) is 0 Å². The lowest BCUT2D eigenvalue weighted by Crippen LogP contribution is -2.24. The molecule has 1 unspecified atom stereocenters. The molecule has 1 aromatic carbocycles. The maximum Gasteiger partial charge on any atom is 0.0719 e. The molecular formula is C17H20Br2N2. The molecule has 0 bridgehead atoms. The van der Waals surface area contributed by atoms with Crippen LogP contribution >= 0.6 is 31.9 Å². The van der Waals surface area contributed by atoms with Crippen LogP contribution in [-0.2, 0) is 6.42 Å². The number of rotatable bonds is 5. The van der Waals surface area contributed by atoms with Gasteiger partial charge in [-0.3, -0.25) is 4.98 Å². The molecule has 1 heterocycles. The molecule has 1 atom stereocenters. The van der Waals surface area contributed by atoms with Crippen LogP contribution in [0.3, 0.4) is 0 Å². The van der Waals surface area contributed by atoms with E-state index < -0.39 is 0 Å². The summed E-state index contributed by atoms with van der Waals surface area (Å²) in [5.74, 6) is 0. The van der Waals surface area contributed by atoms with Gasteiger partial charge in [0.15, 0.2) is 0 Å². The van der Waals surface area contributed by atoms with Crippen LogP contribution in [0.15, 0.2) is 39.4 Å². The molecule has 0 radical (unpaired) electrons. The summed E-state index contributed by atoms with van der Waals surface area (Å²) >= 11 is 7.08. The summed E-state index contributed by atoms with van der Waals surface area (Å²) in [5.41, 5.74) is 5.01. The van der Waals surface area contributed by atoms with Crippen molar-refractivity contribution in [2.75, 3.05) is 6.54 Å². The Morgan fingerprint density at radius 3 is 2.33 bits per heavy atom. The molecule has 112 valence electrons. The van der Waals surface area contributed by atoms with Crippen LogP contribution < -0.4 is 5.32 Å². The fourth-order valence-corrected chi connectivity index (χ4v) is 3.88. The highest BCUT2D eigenvalue weighted by atomic mass is 79.9. The van der Waals surface area contributed by atoms with Crippen molar-refractivity contribution in [2.45, 2.75) is 33.2 Å². The number of nitrogens with zero attached hydrogens (tertiary/aromatic N) is 1. The Morgan fingerprint density at radius 1 is 1.10 bits per heavy atom. The molecule has 2 nitrogen and oxygen atoms in total. The Bertz CT molecular complexity index is 606. The molecule has 0 aliphatic heterocycles. The summed E-state index contributed by atoms with van der Waals surface area (Å²) < 4.78 is 2.02. The van der Waals surface area contributed by atoms with Crippen LogP contribution in [0.25, 0.3) is 0 Å². The van der Waals surface area contributed by atoms with Crippen molar-refractivity contribution in [2.24, 2.45) is 0 Å². The van der Waals surface area contributed by atoms with E-state index in [4.69, 9.17) is 0 Å². The normalized spacial score (nSPS) is 12.4. The van der Waals surface area contributed by atoms with Crippen molar-refractivity contribution in [3.05, 3.63) is 61.8 Å². The number of hydrogen-bond donors (Lipinski definition) is 1. The van der Waals surface area contributed by atoms with Crippen LogP contribution in [-0.4, -0.2) is 11.5 Å². The first-order valence-corrected chi connectivity index (χ1v) is 8.69. The molecule has 1 aromatic heterocycles. The Hall–Kier alpha value is -0.710. The molecule has 21 heavy (non-hydrogen) atoms. The molecule has 0 amide bonds. The van der Waals surface area contributed by atoms with E-state index in [-0.39, 0.29) is 6.04 Å². The van der Waals surface area contributed by atoms with E-state index in [0.29, 0.717) is 0 Å². The SMILES string of the molecule is CCNC(Cc1cc(C)cc(C)c1)c1ncc(Br)cc1Br. The van der Waals surface area contributed by atoms with Crippen LogP contribution in [0.5, 0.6) is 0 Å². The van der Waals surface area contributed by atoms with E-state index in [9.17, 15) is 0 Å². The number of pyridine rings is 1. The number of aryl methyl sites for hydroxylation is 2. The van der Waals surface area contributed by atoms with E-state index in [1.165, 1.54) is 16.7 Å². The average Bonchev–Trinajstić information content (AvgIpc) is 2.37. The van der Waals surface area contributed by atoms with Gasteiger partial charge in [0.1, 0.15) is 0 Å². The molecule has 0 aliphatic carbocycles. The van der Waals surface area contributed by atoms with Crippen LogP contribution in [0.2, 0.25) is 0 Å². The molecular weight excluding hydrogens is 392 g/mol. The first kappa shape index (κ1) is 16.7. The van der Waals surface area contributed by atoms with Crippen LogP contribution in [0.1, 0.15) is 35.3 Å². The van der Waals surface area contributed by atoms with Gasteiger partial charge in [-0.15, -0.1) is 0 Å². The Kier molecular flexibility index (Phi) is 5.97. The van der Waals surface area contributed by atoms with Crippen molar-refractivity contribution in [1.82, 2.24) is 10.3 Å². The van der Waals surface area contributed by atoms with Gasteiger partial charge in [-0.2, -0.15) is 0 Å². The lowest BCUT2D eigenvalue weighted by molar-refractivity contribution is 0.534. The maximum atomic E-state index is 4.58. The molecule has 0 aliphatic rings. The number of likely N-dealkylation sites (N-methyl/N-ethyl adjacent to an activating group) is 1. The van der Waals surface area contributed by atoms with E-state index >= 15 is 0 Å². The first-order chi connectivity index (χ1) is 9.99. The number of benzene rings is 1. The molecule has 0 saturated carbocycles. The minimum absolute atomic E-state index is 0.207. The zero-order valence-electron chi connectivity index (χ0n) is 12.6. The van der Waals surface area contributed by atoms with Crippen molar-refractivity contribution in [3.8, 4) is 0 Å². The summed E-state index contributed by atoms with van der Waals surface area (Å²) in [7, 11) is 0. The average molecular weight is 412 g/mol. The number of nitrogens with one attached hydrogen (secondary N) is 1. The molecule has 2 rings (SSSR count). The highest BCUT2D eigenvalue weighted by molar-refractivity contribution is 9.11. The standard InChI is InChI=1S/C17H20Br2N2/c1-4-20-16(17-15(19)9-14(18)10-21-17)8-13-6-11(2)5-12(3)7-13/h5-7,9-10,16,20H,4,8H2,1-3H3. The second-order valence-corrected chi connectivity index (χ2v) is 7.10. The second-order valence-electron chi connectivity index (χ2n) is 5.33. The topological polar surface area (TPSA) is 24.9 Å². The zero-order valence-corrected chi connectivity index (χ0v) is 15.8. The summed E-state index contributed by atoms with van der Waals surface area (Å²) in [4.78, 5) is 4.58. The third kappa shape index (κ3) is 4.63. The maximum absolute atomic E-state index is 4.58. The highest BCUT2D eigenvalue weighted by Crippen LogP contribution is 2.27. The molecule has 1 N–H and O–H groups in total.